The van der Waals surface area contributed by atoms with Crippen LogP contribution in [0.1, 0.15) is 12.5 Å². The molecule has 2 heteroatoms. The Morgan fingerprint density at radius 1 is 0.833 bits per heavy atom. The molecule has 18 heavy (non-hydrogen) atoms. The third-order valence-electron chi connectivity index (χ3n) is 3.13. The van der Waals surface area contributed by atoms with Crippen molar-refractivity contribution in [3.8, 4) is 0 Å². The zero-order valence-corrected chi connectivity index (χ0v) is 11.1. The minimum absolute atomic E-state index is 1.04. The number of rotatable bonds is 7. The molecule has 0 amide bonds. The van der Waals surface area contributed by atoms with E-state index in [1.54, 1.807) is 0 Å². The highest BCUT2D eigenvalue weighted by molar-refractivity contribution is 5.82. The number of benzene rings is 2. The molecule has 0 aliphatic carbocycles. The smallest absolute Gasteiger partial charge is 0.00768 e. The van der Waals surface area contributed by atoms with Gasteiger partial charge in [0.2, 0.25) is 0 Å². The summed E-state index contributed by atoms with van der Waals surface area (Å²) in [5.41, 5.74) is 1.41. The molecular weight excluding hydrogens is 220 g/mol. The third-order valence-corrected chi connectivity index (χ3v) is 3.13. The Morgan fingerprint density at radius 3 is 2.44 bits per heavy atom. The number of hydrogen-bond acceptors (Lipinski definition) is 2. The molecule has 2 N–H and O–H groups in total. The molecule has 0 radical (unpaired) electrons. The summed E-state index contributed by atoms with van der Waals surface area (Å²) in [7, 11) is 0. The lowest BCUT2D eigenvalue weighted by Gasteiger charge is -2.06. The van der Waals surface area contributed by atoms with E-state index >= 15 is 0 Å². The molecule has 0 saturated carbocycles. The summed E-state index contributed by atoms with van der Waals surface area (Å²) in [6.45, 7) is 6.32. The van der Waals surface area contributed by atoms with E-state index in [2.05, 4.69) is 60.0 Å². The van der Waals surface area contributed by atoms with Gasteiger partial charge in [-0.3, -0.25) is 0 Å². The van der Waals surface area contributed by atoms with Crippen molar-refractivity contribution in [2.24, 2.45) is 0 Å². The molecule has 0 unspecified atom stereocenters. The maximum Gasteiger partial charge on any atom is 0.00768 e. The largest absolute Gasteiger partial charge is 0.316 e. The average molecular weight is 242 g/mol. The van der Waals surface area contributed by atoms with Crippen molar-refractivity contribution in [3.05, 3.63) is 48.0 Å². The summed E-state index contributed by atoms with van der Waals surface area (Å²) >= 11 is 0. The minimum Gasteiger partial charge on any atom is -0.316 e. The molecule has 0 saturated heterocycles. The van der Waals surface area contributed by atoms with Gasteiger partial charge in [-0.05, 0) is 35.8 Å². The summed E-state index contributed by atoms with van der Waals surface area (Å²) in [6.07, 6.45) is 1.09. The van der Waals surface area contributed by atoms with E-state index in [1.807, 2.05) is 0 Å². The van der Waals surface area contributed by atoms with Crippen LogP contribution in [0.4, 0.5) is 0 Å². The lowest BCUT2D eigenvalue weighted by molar-refractivity contribution is 0.625. The van der Waals surface area contributed by atoms with E-state index in [0.717, 1.165) is 32.6 Å². The molecule has 2 nitrogen and oxygen atoms in total. The fourth-order valence-electron chi connectivity index (χ4n) is 2.11. The van der Waals surface area contributed by atoms with E-state index in [4.69, 9.17) is 0 Å². The van der Waals surface area contributed by atoms with Crippen molar-refractivity contribution in [2.45, 2.75) is 13.3 Å². The maximum absolute atomic E-state index is 3.45. The van der Waals surface area contributed by atoms with Crippen molar-refractivity contribution in [2.75, 3.05) is 26.2 Å². The second-order valence-corrected chi connectivity index (χ2v) is 4.54. The average Bonchev–Trinajstić information content (AvgIpc) is 2.42. The SMILES string of the molecule is CCNCCNCCc1ccc2ccccc2c1. The molecule has 0 bridgehead atoms. The van der Waals surface area contributed by atoms with E-state index in [-0.39, 0.29) is 0 Å². The van der Waals surface area contributed by atoms with Crippen molar-refractivity contribution in [1.82, 2.24) is 10.6 Å². The molecule has 0 aliphatic rings. The van der Waals surface area contributed by atoms with Crippen LogP contribution in [0.2, 0.25) is 0 Å². The lowest BCUT2D eigenvalue weighted by Crippen LogP contribution is -2.28. The Bertz CT molecular complexity index is 479. The zero-order valence-electron chi connectivity index (χ0n) is 11.1. The second-order valence-electron chi connectivity index (χ2n) is 4.54. The van der Waals surface area contributed by atoms with Gasteiger partial charge in [-0.2, -0.15) is 0 Å². The predicted molar refractivity (Wildman–Crippen MR) is 79.1 cm³/mol. The number of nitrogens with one attached hydrogen (secondary N) is 2. The Balaban J connectivity index is 1.81. The Morgan fingerprint density at radius 2 is 1.61 bits per heavy atom. The van der Waals surface area contributed by atoms with E-state index in [9.17, 15) is 0 Å². The first-order chi connectivity index (χ1) is 8.90. The van der Waals surface area contributed by atoms with Crippen LogP contribution in [-0.4, -0.2) is 26.2 Å². The van der Waals surface area contributed by atoms with Crippen LogP contribution in [0, 0.1) is 0 Å². The van der Waals surface area contributed by atoms with Crippen molar-refractivity contribution >= 4 is 10.8 Å². The van der Waals surface area contributed by atoms with Crippen LogP contribution in [0.15, 0.2) is 42.5 Å². The Hall–Kier alpha value is -1.38. The molecule has 2 aromatic carbocycles. The summed E-state index contributed by atoms with van der Waals surface area (Å²) in [5.74, 6) is 0. The zero-order chi connectivity index (χ0) is 12.6. The summed E-state index contributed by atoms with van der Waals surface area (Å²) in [5, 5.41) is 9.42. The highest BCUT2D eigenvalue weighted by Gasteiger charge is 1.96. The number of hydrogen-bond donors (Lipinski definition) is 2. The molecule has 0 atom stereocenters. The maximum atomic E-state index is 3.45. The number of fused-ring (bicyclic) bond motifs is 1. The molecule has 2 aromatic rings. The van der Waals surface area contributed by atoms with Crippen LogP contribution in [0.25, 0.3) is 10.8 Å². The van der Waals surface area contributed by atoms with E-state index in [0.29, 0.717) is 0 Å². The monoisotopic (exact) mass is 242 g/mol. The highest BCUT2D eigenvalue weighted by atomic mass is 14.9. The number of likely N-dealkylation sites (N-methyl/N-ethyl adjacent to an activating group) is 1. The molecular formula is C16H22N2. The summed E-state index contributed by atoms with van der Waals surface area (Å²) in [6, 6.07) is 15.3. The van der Waals surface area contributed by atoms with Crippen molar-refractivity contribution < 1.29 is 0 Å². The first-order valence-corrected chi connectivity index (χ1v) is 6.79. The first kappa shape index (κ1) is 13.1. The quantitative estimate of drug-likeness (QED) is 0.729. The van der Waals surface area contributed by atoms with Crippen molar-refractivity contribution in [1.29, 1.82) is 0 Å². The topological polar surface area (TPSA) is 24.1 Å². The first-order valence-electron chi connectivity index (χ1n) is 6.79. The summed E-state index contributed by atoms with van der Waals surface area (Å²) < 4.78 is 0. The van der Waals surface area contributed by atoms with Gasteiger partial charge in [0.25, 0.3) is 0 Å². The molecule has 96 valence electrons. The predicted octanol–water partition coefficient (Wildman–Crippen LogP) is 2.58. The van der Waals surface area contributed by atoms with Gasteiger partial charge < -0.3 is 10.6 Å². The van der Waals surface area contributed by atoms with Gasteiger partial charge in [0.1, 0.15) is 0 Å². The molecule has 2 rings (SSSR count). The van der Waals surface area contributed by atoms with Gasteiger partial charge in [-0.25, -0.2) is 0 Å². The van der Waals surface area contributed by atoms with E-state index in [1.165, 1.54) is 16.3 Å². The fourth-order valence-corrected chi connectivity index (χ4v) is 2.11. The van der Waals surface area contributed by atoms with Gasteiger partial charge in [-0.15, -0.1) is 0 Å². The van der Waals surface area contributed by atoms with E-state index < -0.39 is 0 Å². The lowest BCUT2D eigenvalue weighted by atomic mass is 10.1. The standard InChI is InChI=1S/C16H22N2/c1-2-17-11-12-18-10-9-14-7-8-15-5-3-4-6-16(15)13-14/h3-8,13,17-18H,2,9-12H2,1H3. The van der Waals surface area contributed by atoms with Crippen molar-refractivity contribution in [3.63, 3.8) is 0 Å². The molecule has 0 fully saturated rings. The normalized spacial score (nSPS) is 10.9. The minimum atomic E-state index is 1.04. The van der Waals surface area contributed by atoms with Crippen LogP contribution in [0.5, 0.6) is 0 Å². The Labute approximate surface area is 109 Å². The molecule has 0 spiro atoms. The Kier molecular flexibility index (Phi) is 5.18. The summed E-state index contributed by atoms with van der Waals surface area (Å²) in [4.78, 5) is 0. The molecule has 0 aliphatic heterocycles. The third kappa shape index (κ3) is 3.83. The van der Waals surface area contributed by atoms with Gasteiger partial charge in [0, 0.05) is 13.1 Å². The highest BCUT2D eigenvalue weighted by Crippen LogP contribution is 2.15. The van der Waals surface area contributed by atoms with Crippen LogP contribution in [-0.2, 0) is 6.42 Å². The van der Waals surface area contributed by atoms with Gasteiger partial charge in [0.15, 0.2) is 0 Å². The van der Waals surface area contributed by atoms with Gasteiger partial charge in [-0.1, -0.05) is 49.4 Å². The van der Waals surface area contributed by atoms with Gasteiger partial charge in [0.05, 0.1) is 0 Å². The molecule has 0 heterocycles. The van der Waals surface area contributed by atoms with Gasteiger partial charge >= 0.3 is 0 Å². The van der Waals surface area contributed by atoms with Crippen LogP contribution in [0.3, 0.4) is 0 Å². The fraction of sp³-hybridized carbons (Fsp3) is 0.375. The molecule has 0 aromatic heterocycles. The van der Waals surface area contributed by atoms with Crippen LogP contribution >= 0.6 is 0 Å². The van der Waals surface area contributed by atoms with Crippen LogP contribution < -0.4 is 10.6 Å². The second kappa shape index (κ2) is 7.14.